The molecular weight excluding hydrogens is 1590 g/mol. The van der Waals surface area contributed by atoms with Crippen LogP contribution in [0.2, 0.25) is 0 Å². The van der Waals surface area contributed by atoms with Crippen LogP contribution in [-0.2, 0) is 10.8 Å². The van der Waals surface area contributed by atoms with Gasteiger partial charge in [-0.2, -0.15) is 0 Å². The number of para-hydroxylation sites is 6. The molecular formula is C120H74N8S. The molecule has 0 saturated carbocycles. The van der Waals surface area contributed by atoms with Gasteiger partial charge < -0.3 is 9.80 Å². The van der Waals surface area contributed by atoms with E-state index in [1.165, 1.54) is 82.5 Å². The summed E-state index contributed by atoms with van der Waals surface area (Å²) in [4.78, 5) is 36.7. The predicted octanol–water partition coefficient (Wildman–Crippen LogP) is 30.7. The van der Waals surface area contributed by atoms with E-state index in [0.717, 1.165) is 155 Å². The molecule has 0 radical (unpaired) electrons. The van der Waals surface area contributed by atoms with Gasteiger partial charge in [0.2, 0.25) is 0 Å². The van der Waals surface area contributed by atoms with Crippen LogP contribution in [-0.4, -0.2) is 29.9 Å². The highest BCUT2D eigenvalue weighted by atomic mass is 32.1. The van der Waals surface area contributed by atoms with Crippen LogP contribution in [0.15, 0.2) is 449 Å². The fourth-order valence-electron chi connectivity index (χ4n) is 21.4. The molecule has 600 valence electrons. The van der Waals surface area contributed by atoms with Crippen molar-refractivity contribution in [2.75, 3.05) is 9.80 Å². The molecule has 2 aliphatic heterocycles. The van der Waals surface area contributed by atoms with Crippen molar-refractivity contribution in [1.29, 1.82) is 0 Å². The maximum absolute atomic E-state index is 5.54. The Kier molecular flexibility index (Phi) is 16.9. The van der Waals surface area contributed by atoms with Gasteiger partial charge in [-0.1, -0.05) is 358 Å². The van der Waals surface area contributed by atoms with Crippen LogP contribution in [0.25, 0.3) is 165 Å². The van der Waals surface area contributed by atoms with Crippen molar-refractivity contribution in [2.45, 2.75) is 10.8 Å². The smallest absolute Gasteiger partial charge is 0.160 e. The zero-order valence-electron chi connectivity index (χ0n) is 69.7. The molecule has 27 rings (SSSR count). The lowest BCUT2D eigenvalue weighted by molar-refractivity contribution is 0.754. The van der Waals surface area contributed by atoms with Gasteiger partial charge in [0, 0.05) is 81.9 Å². The van der Waals surface area contributed by atoms with Crippen molar-refractivity contribution in [3.05, 3.63) is 493 Å². The summed E-state index contributed by atoms with van der Waals surface area (Å²) in [5.74, 6) is 1.41. The molecule has 2 aliphatic carbocycles. The number of aromatic nitrogens is 6. The Balaban J connectivity index is 0.000000136. The van der Waals surface area contributed by atoms with E-state index in [0.29, 0.717) is 5.82 Å². The van der Waals surface area contributed by atoms with Crippen molar-refractivity contribution in [2.24, 2.45) is 0 Å². The quantitative estimate of drug-likeness (QED) is 0.132. The van der Waals surface area contributed by atoms with Crippen LogP contribution >= 0.6 is 11.3 Å². The maximum atomic E-state index is 5.54. The van der Waals surface area contributed by atoms with Gasteiger partial charge in [0.1, 0.15) is 0 Å². The van der Waals surface area contributed by atoms with Crippen LogP contribution in [0.3, 0.4) is 0 Å². The first kappa shape index (κ1) is 73.8. The van der Waals surface area contributed by atoms with Crippen molar-refractivity contribution in [3.8, 4) is 101 Å². The van der Waals surface area contributed by atoms with Crippen LogP contribution in [0.5, 0.6) is 0 Å². The standard InChI is InChI=1S/C60H36N4S.C60H38N4/c1-3-17-39(18-4-1)59-62-56(58-57(63-59)44-24-10-16-30-54(44)65-58)38-33-31-37(32-34-38)55-46-36-53-50(35-45(46)43-23-9-14-28-51(43)61-55)60(47-25-11-7-21-41(47)42-22-8-12-26-48(42)60)49-27-13-15-29-52(49)64(53)40-19-5-2-6-20-40;1-4-19-39(20-5-1)54-38-55(63-59(62-54)40-21-6-2-7-22-40)41-23-18-24-42(35-41)58-48-37-57-52(36-47(48)46-29-12-16-33-53(46)61-58)60(49-30-13-10-27-44(49)45-28-11-14-31-50(45)60)51-32-15-17-34-56(51)64(57)43-25-8-3-9-26-43/h1-36H;1-38H. The summed E-state index contributed by atoms with van der Waals surface area (Å²) in [6, 6.07) is 162. The number of hydrogen-bond donors (Lipinski definition) is 0. The molecule has 4 aliphatic rings. The van der Waals surface area contributed by atoms with E-state index in [9.17, 15) is 0 Å². The maximum Gasteiger partial charge on any atom is 0.160 e. The molecule has 0 saturated heterocycles. The van der Waals surface area contributed by atoms with Crippen LogP contribution in [0, 0.1) is 0 Å². The summed E-state index contributed by atoms with van der Waals surface area (Å²) in [5, 5.41) is 7.94. The average molecular weight is 1660 g/mol. The highest BCUT2D eigenvalue weighted by molar-refractivity contribution is 7.26. The molecule has 9 heteroatoms. The van der Waals surface area contributed by atoms with Crippen LogP contribution < -0.4 is 9.80 Å². The van der Waals surface area contributed by atoms with Gasteiger partial charge in [0.25, 0.3) is 0 Å². The zero-order valence-corrected chi connectivity index (χ0v) is 70.5. The SMILES string of the molecule is c1ccc(-c2cc(-c3cccc(-c4nc5ccccc5c5cc6c(cc45)N(c4ccccc4)c4ccccc4C64c5ccccc5-c5ccccc54)c3)nc(-c3ccccc3)n2)cc1.c1ccc(-c2nc(-c3ccc(-c4nc5ccccc5c5cc6c(cc45)N(c4ccccc4)c4ccccc4C64c5ccccc5-c5ccccc54)cc3)c3sc4ccccc4c3n2)cc1. The van der Waals surface area contributed by atoms with Gasteiger partial charge in [0.05, 0.1) is 83.3 Å². The summed E-state index contributed by atoms with van der Waals surface area (Å²) in [6.07, 6.45) is 0. The lowest BCUT2D eigenvalue weighted by Gasteiger charge is -2.45. The lowest BCUT2D eigenvalue weighted by atomic mass is 9.64. The molecule has 0 atom stereocenters. The topological polar surface area (TPSA) is 83.8 Å². The first-order valence-corrected chi connectivity index (χ1v) is 44.8. The van der Waals surface area contributed by atoms with Gasteiger partial charge in [0.15, 0.2) is 11.6 Å². The van der Waals surface area contributed by atoms with Gasteiger partial charge in [-0.15, -0.1) is 11.3 Å². The third-order valence-corrected chi connectivity index (χ3v) is 28.1. The third-order valence-electron chi connectivity index (χ3n) is 26.9. The number of benzene rings is 18. The molecule has 7 heterocycles. The minimum Gasteiger partial charge on any atom is -0.310 e. The van der Waals surface area contributed by atoms with E-state index in [1.807, 2.05) is 42.5 Å². The minimum absolute atomic E-state index is 0.557. The van der Waals surface area contributed by atoms with Gasteiger partial charge >= 0.3 is 0 Å². The van der Waals surface area contributed by atoms with E-state index in [1.54, 1.807) is 11.3 Å². The Hall–Kier alpha value is -16.7. The summed E-state index contributed by atoms with van der Waals surface area (Å²) >= 11 is 1.75. The van der Waals surface area contributed by atoms with E-state index in [-0.39, 0.29) is 0 Å². The lowest BCUT2D eigenvalue weighted by Crippen LogP contribution is -2.36. The first-order chi connectivity index (χ1) is 64.0. The predicted molar refractivity (Wildman–Crippen MR) is 532 cm³/mol. The Morgan fingerprint density at radius 1 is 0.202 bits per heavy atom. The molecule has 0 N–H and O–H groups in total. The summed E-state index contributed by atoms with van der Waals surface area (Å²) in [5.41, 5.74) is 35.6. The number of fused-ring (bicyclic) bond motifs is 27. The first-order valence-electron chi connectivity index (χ1n) is 44.0. The number of pyridine rings is 2. The highest BCUT2D eigenvalue weighted by Crippen LogP contribution is 2.67. The zero-order chi connectivity index (χ0) is 84.8. The fraction of sp³-hybridized carbons (Fsp3) is 0.0167. The largest absolute Gasteiger partial charge is 0.310 e. The van der Waals surface area contributed by atoms with Crippen LogP contribution in [0.4, 0.5) is 34.1 Å². The number of anilines is 6. The van der Waals surface area contributed by atoms with Crippen molar-refractivity contribution in [1.82, 2.24) is 29.9 Å². The number of hydrogen-bond acceptors (Lipinski definition) is 9. The molecule has 23 aromatic rings. The van der Waals surface area contributed by atoms with Crippen molar-refractivity contribution in [3.63, 3.8) is 0 Å². The normalized spacial score (nSPS) is 13.2. The Morgan fingerprint density at radius 3 is 1.05 bits per heavy atom. The minimum atomic E-state index is -0.566. The number of rotatable bonds is 9. The molecule has 129 heavy (non-hydrogen) atoms. The molecule has 2 spiro atoms. The third kappa shape index (κ3) is 11.3. The van der Waals surface area contributed by atoms with E-state index in [2.05, 4.69) is 416 Å². The molecule has 5 aromatic heterocycles. The second-order valence-electron chi connectivity index (χ2n) is 33.7. The van der Waals surface area contributed by atoms with Gasteiger partial charge in [-0.05, 0) is 169 Å². The molecule has 0 amide bonds. The molecule has 8 nitrogen and oxygen atoms in total. The van der Waals surface area contributed by atoms with Crippen LogP contribution in [0.1, 0.15) is 44.5 Å². The monoisotopic (exact) mass is 1660 g/mol. The average Bonchev–Trinajstić information content (AvgIpc) is 1.62. The van der Waals surface area contributed by atoms with E-state index >= 15 is 0 Å². The molecule has 0 fully saturated rings. The second-order valence-corrected chi connectivity index (χ2v) is 34.8. The summed E-state index contributed by atoms with van der Waals surface area (Å²) in [6.45, 7) is 0. The second kappa shape index (κ2) is 29.5. The Bertz CT molecular complexity index is 8360. The number of nitrogens with zero attached hydrogens (tertiary/aromatic N) is 8. The Morgan fingerprint density at radius 2 is 0.566 bits per heavy atom. The summed E-state index contributed by atoms with van der Waals surface area (Å²) < 4.78 is 2.29. The summed E-state index contributed by atoms with van der Waals surface area (Å²) in [7, 11) is 0. The fourth-order valence-corrected chi connectivity index (χ4v) is 22.6. The van der Waals surface area contributed by atoms with E-state index in [4.69, 9.17) is 29.9 Å². The molecule has 18 aromatic carbocycles. The van der Waals surface area contributed by atoms with Crippen molar-refractivity contribution < 1.29 is 0 Å². The molecule has 0 bridgehead atoms. The van der Waals surface area contributed by atoms with Gasteiger partial charge in [-0.25, -0.2) is 29.9 Å². The van der Waals surface area contributed by atoms with E-state index < -0.39 is 10.8 Å². The number of thiophene rings is 1. The highest BCUT2D eigenvalue weighted by Gasteiger charge is 2.54. The van der Waals surface area contributed by atoms with Gasteiger partial charge in [-0.3, -0.25) is 0 Å². The van der Waals surface area contributed by atoms with Crippen molar-refractivity contribution >= 4 is 109 Å². The Labute approximate surface area is 749 Å². The molecule has 0 unspecified atom stereocenters.